The largest absolute Gasteiger partial charge is 0.508 e. The van der Waals surface area contributed by atoms with Gasteiger partial charge >= 0.3 is 6.09 Å². The number of alkyl carbamates (subject to hydrolysis) is 1. The zero-order valence-corrected chi connectivity index (χ0v) is 16.3. The second-order valence-electron chi connectivity index (χ2n) is 7.18. The lowest BCUT2D eigenvalue weighted by Gasteiger charge is -2.19. The van der Waals surface area contributed by atoms with Crippen LogP contribution in [0.15, 0.2) is 42.5 Å². The topological polar surface area (TPSA) is 137 Å². The molecule has 0 atom stereocenters. The number of phenolic OH excluding ortho intramolecular Hbond substituents is 2. The minimum atomic E-state index is -0.706. The fourth-order valence-corrected chi connectivity index (χ4v) is 2.28. The number of aromatic hydroxyl groups is 2. The van der Waals surface area contributed by atoms with Gasteiger partial charge in [0, 0.05) is 23.0 Å². The third kappa shape index (κ3) is 7.41. The van der Waals surface area contributed by atoms with Crippen LogP contribution in [-0.4, -0.2) is 40.3 Å². The summed E-state index contributed by atoms with van der Waals surface area (Å²) in [5.41, 5.74) is 0.186. The van der Waals surface area contributed by atoms with Crippen LogP contribution in [0, 0.1) is 0 Å². The highest BCUT2D eigenvalue weighted by Gasteiger charge is 2.16. The molecule has 9 nitrogen and oxygen atoms in total. The van der Waals surface area contributed by atoms with E-state index in [4.69, 9.17) is 4.74 Å². The highest BCUT2D eigenvalue weighted by molar-refractivity contribution is 6.05. The number of amides is 3. The molecule has 154 valence electrons. The Morgan fingerprint density at radius 2 is 1.52 bits per heavy atom. The molecule has 0 aliphatic rings. The van der Waals surface area contributed by atoms with E-state index >= 15 is 0 Å². The van der Waals surface area contributed by atoms with E-state index in [9.17, 15) is 24.6 Å². The van der Waals surface area contributed by atoms with Crippen LogP contribution in [0.1, 0.15) is 31.1 Å². The maximum absolute atomic E-state index is 12.3. The second kappa shape index (κ2) is 8.96. The lowest BCUT2D eigenvalue weighted by molar-refractivity contribution is -0.115. The van der Waals surface area contributed by atoms with Crippen molar-refractivity contribution in [2.24, 2.45) is 0 Å². The number of hydrogen-bond donors (Lipinski definition) is 5. The Labute approximate surface area is 167 Å². The number of ether oxygens (including phenoxy) is 1. The average Bonchev–Trinajstić information content (AvgIpc) is 2.58. The Morgan fingerprint density at radius 1 is 0.931 bits per heavy atom. The lowest BCUT2D eigenvalue weighted by Crippen LogP contribution is -2.37. The number of rotatable bonds is 5. The van der Waals surface area contributed by atoms with Gasteiger partial charge in [-0.2, -0.15) is 0 Å². The van der Waals surface area contributed by atoms with Gasteiger partial charge in [-0.05, 0) is 51.1 Å². The smallest absolute Gasteiger partial charge is 0.408 e. The SMILES string of the molecule is CC(C)(C)OC(=O)NCC(=O)Nc1cccc(NC(=O)c2cc(O)cc(O)c2)c1. The Bertz CT molecular complexity index is 900. The van der Waals surface area contributed by atoms with Crippen LogP contribution in [0.4, 0.5) is 16.2 Å². The molecule has 0 radical (unpaired) electrons. The molecule has 2 rings (SSSR count). The Kier molecular flexibility index (Phi) is 6.66. The number of nitrogens with one attached hydrogen (secondary N) is 3. The molecule has 0 fully saturated rings. The number of carbonyl (C=O) groups excluding carboxylic acids is 3. The summed E-state index contributed by atoms with van der Waals surface area (Å²) in [4.78, 5) is 35.8. The monoisotopic (exact) mass is 401 g/mol. The predicted molar refractivity (Wildman–Crippen MR) is 107 cm³/mol. The molecule has 2 aromatic rings. The zero-order chi connectivity index (χ0) is 21.6. The Hall–Kier alpha value is -3.75. The van der Waals surface area contributed by atoms with Crippen LogP contribution in [0.25, 0.3) is 0 Å². The third-order valence-electron chi connectivity index (χ3n) is 3.36. The normalized spacial score (nSPS) is 10.7. The van der Waals surface area contributed by atoms with E-state index in [1.165, 1.54) is 18.2 Å². The molecule has 2 aromatic carbocycles. The number of benzene rings is 2. The summed E-state index contributed by atoms with van der Waals surface area (Å²) in [5, 5.41) is 26.5. The minimum absolute atomic E-state index is 0.0681. The molecule has 0 unspecified atom stereocenters. The molecule has 0 aromatic heterocycles. The van der Waals surface area contributed by atoms with Gasteiger partial charge in [0.1, 0.15) is 23.6 Å². The first kappa shape index (κ1) is 21.5. The molecule has 0 aliphatic heterocycles. The number of anilines is 2. The van der Waals surface area contributed by atoms with Crippen LogP contribution >= 0.6 is 0 Å². The molecule has 0 spiro atoms. The van der Waals surface area contributed by atoms with E-state index in [2.05, 4.69) is 16.0 Å². The van der Waals surface area contributed by atoms with Crippen LogP contribution in [0.5, 0.6) is 11.5 Å². The molecular weight excluding hydrogens is 378 g/mol. The van der Waals surface area contributed by atoms with Crippen molar-refractivity contribution in [2.45, 2.75) is 26.4 Å². The van der Waals surface area contributed by atoms with Gasteiger partial charge in [-0.25, -0.2) is 4.79 Å². The molecule has 3 amide bonds. The van der Waals surface area contributed by atoms with Crippen molar-refractivity contribution in [2.75, 3.05) is 17.2 Å². The highest BCUT2D eigenvalue weighted by Crippen LogP contribution is 2.22. The van der Waals surface area contributed by atoms with Gasteiger partial charge in [-0.1, -0.05) is 6.07 Å². The molecule has 9 heteroatoms. The van der Waals surface area contributed by atoms with E-state index in [-0.39, 0.29) is 23.6 Å². The summed E-state index contributed by atoms with van der Waals surface area (Å²) in [7, 11) is 0. The van der Waals surface area contributed by atoms with Crippen molar-refractivity contribution >= 4 is 29.3 Å². The van der Waals surface area contributed by atoms with Gasteiger partial charge in [0.2, 0.25) is 5.91 Å². The van der Waals surface area contributed by atoms with Gasteiger partial charge in [-0.15, -0.1) is 0 Å². The summed E-state index contributed by atoms with van der Waals surface area (Å²) >= 11 is 0. The second-order valence-corrected chi connectivity index (χ2v) is 7.18. The highest BCUT2D eigenvalue weighted by atomic mass is 16.6. The first-order chi connectivity index (χ1) is 13.5. The average molecular weight is 401 g/mol. The Morgan fingerprint density at radius 3 is 2.10 bits per heavy atom. The molecule has 0 heterocycles. The van der Waals surface area contributed by atoms with Crippen molar-refractivity contribution in [3.8, 4) is 11.5 Å². The molecule has 5 N–H and O–H groups in total. The predicted octanol–water partition coefficient (Wildman–Crippen LogP) is 2.81. The van der Waals surface area contributed by atoms with Crippen molar-refractivity contribution in [1.82, 2.24) is 5.32 Å². The summed E-state index contributed by atoms with van der Waals surface area (Å²) < 4.78 is 5.05. The number of carbonyl (C=O) groups is 3. The first-order valence-corrected chi connectivity index (χ1v) is 8.73. The van der Waals surface area contributed by atoms with Crippen molar-refractivity contribution < 1.29 is 29.3 Å². The molecule has 0 saturated carbocycles. The molecule has 29 heavy (non-hydrogen) atoms. The van der Waals surface area contributed by atoms with Crippen LogP contribution in [0.2, 0.25) is 0 Å². The minimum Gasteiger partial charge on any atom is -0.508 e. The number of hydrogen-bond acceptors (Lipinski definition) is 6. The van der Waals surface area contributed by atoms with E-state index in [1.54, 1.807) is 39.0 Å². The summed E-state index contributed by atoms with van der Waals surface area (Å²) in [5.74, 6) is -1.51. The fourth-order valence-electron chi connectivity index (χ4n) is 2.28. The van der Waals surface area contributed by atoms with E-state index in [1.807, 2.05) is 0 Å². The van der Waals surface area contributed by atoms with E-state index in [0.29, 0.717) is 11.4 Å². The lowest BCUT2D eigenvalue weighted by atomic mass is 10.2. The van der Waals surface area contributed by atoms with E-state index < -0.39 is 23.5 Å². The van der Waals surface area contributed by atoms with Gasteiger partial charge in [0.15, 0.2) is 0 Å². The first-order valence-electron chi connectivity index (χ1n) is 8.73. The molecule has 0 bridgehead atoms. The summed E-state index contributed by atoms with van der Waals surface area (Å²) in [6.45, 7) is 4.86. The third-order valence-corrected chi connectivity index (χ3v) is 3.36. The van der Waals surface area contributed by atoms with Crippen molar-refractivity contribution in [3.63, 3.8) is 0 Å². The van der Waals surface area contributed by atoms with Gasteiger partial charge in [0.05, 0.1) is 0 Å². The van der Waals surface area contributed by atoms with Crippen LogP contribution < -0.4 is 16.0 Å². The maximum Gasteiger partial charge on any atom is 0.408 e. The quantitative estimate of drug-likeness (QED) is 0.522. The zero-order valence-electron chi connectivity index (χ0n) is 16.3. The Balaban J connectivity index is 1.94. The van der Waals surface area contributed by atoms with Gasteiger partial charge < -0.3 is 30.9 Å². The van der Waals surface area contributed by atoms with Gasteiger partial charge in [0.25, 0.3) is 5.91 Å². The molecule has 0 aliphatic carbocycles. The fraction of sp³-hybridized carbons (Fsp3) is 0.250. The maximum atomic E-state index is 12.3. The summed E-state index contributed by atoms with van der Waals surface area (Å²) in [6, 6.07) is 9.89. The van der Waals surface area contributed by atoms with E-state index in [0.717, 1.165) is 6.07 Å². The van der Waals surface area contributed by atoms with Crippen LogP contribution in [0.3, 0.4) is 0 Å². The van der Waals surface area contributed by atoms with Crippen LogP contribution in [-0.2, 0) is 9.53 Å². The molecule has 0 saturated heterocycles. The number of phenols is 2. The van der Waals surface area contributed by atoms with Crippen molar-refractivity contribution in [3.05, 3.63) is 48.0 Å². The van der Waals surface area contributed by atoms with Gasteiger partial charge in [-0.3, -0.25) is 9.59 Å². The standard InChI is InChI=1S/C20H23N3O6/c1-20(2,3)29-19(28)21-11-17(26)22-13-5-4-6-14(9-13)23-18(27)12-7-15(24)10-16(25)8-12/h4-10,24-25H,11H2,1-3H3,(H,21,28)(H,22,26)(H,23,27). The summed E-state index contributed by atoms with van der Waals surface area (Å²) in [6.07, 6.45) is -0.706. The molecular formula is C20H23N3O6. The van der Waals surface area contributed by atoms with Crippen molar-refractivity contribution in [1.29, 1.82) is 0 Å².